The minimum Gasteiger partial charge on any atom is -0.476 e. The highest BCUT2D eigenvalue weighted by Gasteiger charge is 2.30. The van der Waals surface area contributed by atoms with Gasteiger partial charge in [-0.1, -0.05) is 30.3 Å². The van der Waals surface area contributed by atoms with Gasteiger partial charge in [-0.25, -0.2) is 4.79 Å². The maximum atomic E-state index is 11.7. The zero-order valence-electron chi connectivity index (χ0n) is 14.8. The van der Waals surface area contributed by atoms with Crippen molar-refractivity contribution >= 4 is 17.5 Å². The second kappa shape index (κ2) is 7.10. The molecule has 1 fully saturated rings. The van der Waals surface area contributed by atoms with Crippen LogP contribution in [-0.2, 0) is 0 Å². The van der Waals surface area contributed by atoms with E-state index in [-0.39, 0.29) is 11.4 Å². The van der Waals surface area contributed by atoms with Gasteiger partial charge in [0.05, 0.1) is 10.6 Å². The van der Waals surface area contributed by atoms with Crippen LogP contribution in [0.4, 0.5) is 11.5 Å². The molecule has 0 bridgehead atoms. The number of benzene rings is 2. The molecule has 2 aromatic carbocycles. The lowest BCUT2D eigenvalue weighted by Gasteiger charge is -2.16. The summed E-state index contributed by atoms with van der Waals surface area (Å²) in [6.45, 7) is 1.34. The van der Waals surface area contributed by atoms with Crippen LogP contribution in [0.15, 0.2) is 54.6 Å². The average Bonchev–Trinajstić information content (AvgIpc) is 3.36. The molecular formula is C19H17N5O4. The average molecular weight is 379 g/mol. The third kappa shape index (κ3) is 3.29. The zero-order valence-corrected chi connectivity index (χ0v) is 14.8. The van der Waals surface area contributed by atoms with Crippen LogP contribution in [0, 0.1) is 10.1 Å². The fourth-order valence-corrected chi connectivity index (χ4v) is 3.42. The molecule has 0 spiro atoms. The Hall–Kier alpha value is -3.75. The van der Waals surface area contributed by atoms with Crippen LogP contribution in [0.25, 0.3) is 5.69 Å². The van der Waals surface area contributed by atoms with Crippen LogP contribution in [-0.4, -0.2) is 44.1 Å². The summed E-state index contributed by atoms with van der Waals surface area (Å²) in [7, 11) is 0. The van der Waals surface area contributed by atoms with Gasteiger partial charge < -0.3 is 10.0 Å². The number of carbonyl (C=O) groups is 1. The number of non-ortho nitro benzene ring substituents is 1. The maximum absolute atomic E-state index is 11.7. The molecule has 1 unspecified atom stereocenters. The standard InChI is InChI=1S/C19H17N5O4/c25-19(26)17-18(22-11-10-14(12-22)13-4-2-1-3-5-13)21-23(20-17)15-6-8-16(9-7-15)24(27)28/h1-9,14H,10-12H2,(H,25,26). The molecule has 0 aliphatic carbocycles. The summed E-state index contributed by atoms with van der Waals surface area (Å²) in [6, 6.07) is 15.7. The van der Waals surface area contributed by atoms with Crippen molar-refractivity contribution in [2.24, 2.45) is 0 Å². The fraction of sp³-hybridized carbons (Fsp3) is 0.211. The third-order valence-electron chi connectivity index (χ3n) is 4.85. The minimum absolute atomic E-state index is 0.0557. The number of hydrogen-bond acceptors (Lipinski definition) is 6. The van der Waals surface area contributed by atoms with Gasteiger partial charge in [0, 0.05) is 31.1 Å². The van der Waals surface area contributed by atoms with Crippen molar-refractivity contribution in [3.8, 4) is 5.69 Å². The number of nitro benzene ring substituents is 1. The smallest absolute Gasteiger partial charge is 0.360 e. The number of carboxylic acid groups (broad SMARTS) is 1. The van der Waals surface area contributed by atoms with E-state index in [1.165, 1.54) is 34.6 Å². The number of hydrogen-bond donors (Lipinski definition) is 1. The van der Waals surface area contributed by atoms with E-state index < -0.39 is 10.9 Å². The summed E-state index contributed by atoms with van der Waals surface area (Å²) in [5.74, 6) is -0.553. The van der Waals surface area contributed by atoms with Crippen LogP contribution in [0.2, 0.25) is 0 Å². The minimum atomic E-state index is -1.16. The van der Waals surface area contributed by atoms with Gasteiger partial charge in [0.1, 0.15) is 0 Å². The van der Waals surface area contributed by atoms with E-state index in [1.807, 2.05) is 23.1 Å². The van der Waals surface area contributed by atoms with E-state index in [1.54, 1.807) is 0 Å². The Morgan fingerprint density at radius 1 is 1.11 bits per heavy atom. The van der Waals surface area contributed by atoms with Crippen LogP contribution < -0.4 is 4.90 Å². The lowest BCUT2D eigenvalue weighted by Crippen LogP contribution is -2.22. The highest BCUT2D eigenvalue weighted by molar-refractivity contribution is 5.91. The lowest BCUT2D eigenvalue weighted by atomic mass is 9.99. The van der Waals surface area contributed by atoms with Gasteiger partial charge in [-0.05, 0) is 24.1 Å². The zero-order chi connectivity index (χ0) is 19.7. The molecule has 9 heteroatoms. The summed E-state index contributed by atoms with van der Waals surface area (Å²) in [5.41, 5.74) is 1.48. The van der Waals surface area contributed by atoms with Crippen LogP contribution in [0.3, 0.4) is 0 Å². The molecule has 1 saturated heterocycles. The predicted octanol–water partition coefficient (Wildman–Crippen LogP) is 2.87. The van der Waals surface area contributed by atoms with E-state index >= 15 is 0 Å². The van der Waals surface area contributed by atoms with E-state index in [9.17, 15) is 20.0 Å². The number of rotatable bonds is 5. The molecule has 1 N–H and O–H groups in total. The molecule has 0 amide bonds. The molecule has 1 atom stereocenters. The molecule has 28 heavy (non-hydrogen) atoms. The quantitative estimate of drug-likeness (QED) is 0.535. The third-order valence-corrected chi connectivity index (χ3v) is 4.85. The van der Waals surface area contributed by atoms with Crippen LogP contribution in [0.1, 0.15) is 28.4 Å². The summed E-state index contributed by atoms with van der Waals surface area (Å²) >= 11 is 0. The van der Waals surface area contributed by atoms with E-state index in [0.29, 0.717) is 30.5 Å². The molecular weight excluding hydrogens is 362 g/mol. The summed E-state index contributed by atoms with van der Waals surface area (Å²) in [6.07, 6.45) is 0.896. The Morgan fingerprint density at radius 2 is 1.82 bits per heavy atom. The van der Waals surface area contributed by atoms with Gasteiger partial charge in [0.15, 0.2) is 5.82 Å². The Bertz CT molecular complexity index is 1020. The molecule has 1 aliphatic rings. The predicted molar refractivity (Wildman–Crippen MR) is 101 cm³/mol. The molecule has 1 aliphatic heterocycles. The SMILES string of the molecule is O=C(O)c1nn(-c2ccc([N+](=O)[O-])cc2)nc1N1CCC(c2ccccc2)C1. The van der Waals surface area contributed by atoms with Gasteiger partial charge in [0.2, 0.25) is 5.69 Å². The molecule has 9 nitrogen and oxygen atoms in total. The first-order valence-electron chi connectivity index (χ1n) is 8.78. The second-order valence-corrected chi connectivity index (χ2v) is 6.58. The fourth-order valence-electron chi connectivity index (χ4n) is 3.42. The largest absolute Gasteiger partial charge is 0.476 e. The topological polar surface area (TPSA) is 114 Å². The van der Waals surface area contributed by atoms with Crippen molar-refractivity contribution in [1.29, 1.82) is 0 Å². The first kappa shape index (κ1) is 17.7. The number of aromatic carboxylic acids is 1. The van der Waals surface area contributed by atoms with Crippen molar-refractivity contribution in [3.63, 3.8) is 0 Å². The van der Waals surface area contributed by atoms with Crippen molar-refractivity contribution in [2.75, 3.05) is 18.0 Å². The first-order chi connectivity index (χ1) is 13.5. The van der Waals surface area contributed by atoms with Crippen molar-refractivity contribution in [2.45, 2.75) is 12.3 Å². The highest BCUT2D eigenvalue weighted by Crippen LogP contribution is 2.31. The number of aromatic nitrogens is 3. The normalized spacial score (nSPS) is 16.3. The van der Waals surface area contributed by atoms with Gasteiger partial charge in [-0.15, -0.1) is 15.0 Å². The Morgan fingerprint density at radius 3 is 2.46 bits per heavy atom. The van der Waals surface area contributed by atoms with Crippen LogP contribution >= 0.6 is 0 Å². The van der Waals surface area contributed by atoms with Gasteiger partial charge in [-0.3, -0.25) is 10.1 Å². The number of carboxylic acids is 1. The molecule has 3 aromatic rings. The van der Waals surface area contributed by atoms with E-state index in [4.69, 9.17) is 0 Å². The first-order valence-corrected chi connectivity index (χ1v) is 8.78. The van der Waals surface area contributed by atoms with Gasteiger partial charge >= 0.3 is 5.97 Å². The lowest BCUT2D eigenvalue weighted by molar-refractivity contribution is -0.384. The monoisotopic (exact) mass is 379 g/mol. The van der Waals surface area contributed by atoms with Crippen LogP contribution in [0.5, 0.6) is 0 Å². The van der Waals surface area contributed by atoms with E-state index in [0.717, 1.165) is 6.42 Å². The Kier molecular flexibility index (Phi) is 4.48. The number of anilines is 1. The molecule has 1 aromatic heterocycles. The highest BCUT2D eigenvalue weighted by atomic mass is 16.6. The molecule has 4 rings (SSSR count). The number of nitrogens with zero attached hydrogens (tertiary/aromatic N) is 5. The Balaban J connectivity index is 1.62. The van der Waals surface area contributed by atoms with Crippen molar-refractivity contribution in [1.82, 2.24) is 15.0 Å². The molecule has 0 saturated carbocycles. The van der Waals surface area contributed by atoms with E-state index in [2.05, 4.69) is 22.3 Å². The number of nitro groups is 1. The van der Waals surface area contributed by atoms with Crippen molar-refractivity contribution < 1.29 is 14.8 Å². The van der Waals surface area contributed by atoms with Gasteiger partial charge in [-0.2, -0.15) is 0 Å². The maximum Gasteiger partial charge on any atom is 0.360 e. The van der Waals surface area contributed by atoms with Gasteiger partial charge in [0.25, 0.3) is 5.69 Å². The second-order valence-electron chi connectivity index (χ2n) is 6.58. The summed E-state index contributed by atoms with van der Waals surface area (Å²) in [5, 5.41) is 28.8. The molecule has 0 radical (unpaired) electrons. The molecule has 2 heterocycles. The van der Waals surface area contributed by atoms with Crippen molar-refractivity contribution in [3.05, 3.63) is 76.0 Å². The Labute approximate surface area is 160 Å². The molecule has 142 valence electrons. The summed E-state index contributed by atoms with van der Waals surface area (Å²) < 4.78 is 0. The summed E-state index contributed by atoms with van der Waals surface area (Å²) in [4.78, 5) is 25.1.